The van der Waals surface area contributed by atoms with Crippen LogP contribution in [0.15, 0.2) is 71.2 Å². The Labute approximate surface area is 362 Å². The van der Waals surface area contributed by atoms with Crippen LogP contribution in [0.1, 0.15) is 5.56 Å². The largest absolute Gasteiger partial charge is 0.507 e. The first-order chi connectivity index (χ1) is 30.5. The van der Waals surface area contributed by atoms with Crippen molar-refractivity contribution in [2.75, 3.05) is 26.9 Å². The average Bonchev–Trinajstić information content (AvgIpc) is 3.27. The summed E-state index contributed by atoms with van der Waals surface area (Å²) >= 11 is 0. The van der Waals surface area contributed by atoms with Crippen LogP contribution in [0.3, 0.4) is 0 Å². The van der Waals surface area contributed by atoms with Crippen molar-refractivity contribution in [1.82, 2.24) is 0 Å². The summed E-state index contributed by atoms with van der Waals surface area (Å²) < 4.78 is 51.3. The highest BCUT2D eigenvalue weighted by Crippen LogP contribution is 2.43. The number of esters is 1. The second kappa shape index (κ2) is 19.7. The van der Waals surface area contributed by atoms with Gasteiger partial charge in [-0.2, -0.15) is 0 Å². The van der Waals surface area contributed by atoms with Gasteiger partial charge in [-0.25, -0.2) is 9.21 Å². The number of fused-ring (bicyclic) bond motifs is 1. The van der Waals surface area contributed by atoms with E-state index in [-0.39, 0.29) is 33.8 Å². The van der Waals surface area contributed by atoms with E-state index < -0.39 is 129 Å². The van der Waals surface area contributed by atoms with Gasteiger partial charge in [0.1, 0.15) is 90.3 Å². The van der Waals surface area contributed by atoms with Crippen LogP contribution in [0, 0.1) is 0 Å². The molecule has 3 aliphatic rings. The molecule has 0 bridgehead atoms. The normalized spacial score (nSPS) is 32.1. The Bertz CT molecular complexity index is 2290. The number of carbonyl (C=O) groups excluding carboxylic acids is 1. The number of rotatable bonds is 13. The standard InChI is InChI=1S/C42H46O22/c1-56-25-5-3-2-4-17(25)7-9-30(48)57-15-28-32(50)34(52)37(55)40(62-28)59-16-29-33(51)35(53)39(64-41-36(54)31(49)24(47)14-58-41)42(63-29)61-27-13-20-22(45)11-19(43)12-26(20)60-38(27)18-6-8-21(44)23(46)10-18/h2-13,24,28-29,31-37,39-42,47,49-55H,14-16H2,1H3,(H3-,43,44,45,46)/p+1/b9-7+/t24-,28-,29-,31+,32-,33+,34+,35+,36-,37-,39-,40-,41+,42-/m1/s1. The minimum atomic E-state index is -2.02. The first-order valence-electron chi connectivity index (χ1n) is 19.7. The Balaban J connectivity index is 1.13. The Hall–Kier alpha value is -5.44. The highest BCUT2D eigenvalue weighted by atomic mass is 16.8. The van der Waals surface area contributed by atoms with E-state index in [0.717, 1.165) is 30.3 Å². The van der Waals surface area contributed by atoms with Crippen molar-refractivity contribution in [2.24, 2.45) is 0 Å². The summed E-state index contributed by atoms with van der Waals surface area (Å²) in [5.74, 6) is -2.84. The molecule has 4 aromatic rings. The number of phenols is 4. The fraction of sp³-hybridized carbons (Fsp3) is 0.429. The van der Waals surface area contributed by atoms with Gasteiger partial charge < -0.3 is 99.2 Å². The lowest BCUT2D eigenvalue weighted by atomic mass is 9.98. The Morgan fingerprint density at radius 2 is 1.42 bits per heavy atom. The number of phenolic OH excluding ortho intramolecular Hbond substituents is 4. The number of hydrogen-bond acceptors (Lipinski definition) is 21. The minimum absolute atomic E-state index is 0.0340. The number of aliphatic hydroxyl groups is 8. The number of para-hydroxylation sites is 1. The summed E-state index contributed by atoms with van der Waals surface area (Å²) in [4.78, 5) is 12.6. The third kappa shape index (κ3) is 9.94. The molecular weight excluding hydrogens is 856 g/mol. The average molecular weight is 904 g/mol. The lowest BCUT2D eigenvalue weighted by Gasteiger charge is -2.45. The van der Waals surface area contributed by atoms with Crippen LogP contribution in [0.25, 0.3) is 28.4 Å². The highest BCUT2D eigenvalue weighted by Gasteiger charge is 2.52. The quantitative estimate of drug-likeness (QED) is 0.0329. The first-order valence-corrected chi connectivity index (χ1v) is 19.7. The molecule has 22 heteroatoms. The third-order valence-corrected chi connectivity index (χ3v) is 10.7. The van der Waals surface area contributed by atoms with Crippen molar-refractivity contribution in [1.29, 1.82) is 0 Å². The van der Waals surface area contributed by atoms with Crippen LogP contribution in [-0.2, 0) is 33.2 Å². The van der Waals surface area contributed by atoms with Crippen LogP contribution in [0.2, 0.25) is 0 Å². The molecule has 3 aromatic carbocycles. The molecule has 3 aliphatic heterocycles. The fourth-order valence-electron chi connectivity index (χ4n) is 7.16. The first kappa shape index (κ1) is 46.5. The molecule has 4 heterocycles. The topological polar surface area (TPSA) is 345 Å². The van der Waals surface area contributed by atoms with Crippen molar-refractivity contribution in [3.63, 3.8) is 0 Å². The second-order valence-electron chi connectivity index (χ2n) is 15.1. The van der Waals surface area contributed by atoms with Crippen molar-refractivity contribution in [3.05, 3.63) is 72.3 Å². The van der Waals surface area contributed by atoms with Gasteiger partial charge in [-0.15, -0.1) is 0 Å². The minimum Gasteiger partial charge on any atom is -0.507 e. The van der Waals surface area contributed by atoms with Crippen LogP contribution < -0.4 is 9.47 Å². The summed E-state index contributed by atoms with van der Waals surface area (Å²) in [5, 5.41) is 127. The fourth-order valence-corrected chi connectivity index (χ4v) is 7.16. The molecule has 7 rings (SSSR count). The molecule has 12 N–H and O–H groups in total. The summed E-state index contributed by atoms with van der Waals surface area (Å²) in [6.45, 7) is -1.90. The van der Waals surface area contributed by atoms with Gasteiger partial charge in [0.25, 0.3) is 0 Å². The summed E-state index contributed by atoms with van der Waals surface area (Å²) in [7, 11) is 1.46. The number of benzene rings is 3. The van der Waals surface area contributed by atoms with Crippen LogP contribution in [0.5, 0.6) is 34.5 Å². The molecule has 0 radical (unpaired) electrons. The monoisotopic (exact) mass is 903 g/mol. The van der Waals surface area contributed by atoms with Crippen LogP contribution in [0.4, 0.5) is 0 Å². The highest BCUT2D eigenvalue weighted by molar-refractivity contribution is 5.89. The van der Waals surface area contributed by atoms with E-state index >= 15 is 0 Å². The lowest BCUT2D eigenvalue weighted by Crippen LogP contribution is -2.64. The summed E-state index contributed by atoms with van der Waals surface area (Å²) in [6.07, 6.45) is -22.5. The van der Waals surface area contributed by atoms with Crippen LogP contribution >= 0.6 is 0 Å². The van der Waals surface area contributed by atoms with E-state index in [9.17, 15) is 66.1 Å². The maximum atomic E-state index is 12.6. The second-order valence-corrected chi connectivity index (χ2v) is 15.1. The van der Waals surface area contributed by atoms with E-state index in [1.165, 1.54) is 25.3 Å². The number of methoxy groups -OCH3 is 1. The molecule has 64 heavy (non-hydrogen) atoms. The number of aromatic hydroxyl groups is 4. The SMILES string of the molecule is COc1ccccc1/C=C/C(=O)OC[C@H]1O[C@@H](OC[C@H]2O[C@@H](Oc3cc4c(O)cc(O)cc4[o+]c3-c3ccc(O)c(O)c3)[C@H](O[C@@H]3OC[C@@H](O)[C@H](O)[C@H]3O)[C@@H](O)[C@H]2O)[C@H](O)[C@@H](O)[C@@H]1O. The van der Waals surface area contributed by atoms with Crippen molar-refractivity contribution in [3.8, 4) is 45.8 Å². The predicted molar refractivity (Wildman–Crippen MR) is 212 cm³/mol. The Morgan fingerprint density at radius 1 is 0.719 bits per heavy atom. The zero-order valence-electron chi connectivity index (χ0n) is 33.6. The van der Waals surface area contributed by atoms with Gasteiger partial charge in [0.15, 0.2) is 30.2 Å². The molecule has 3 fully saturated rings. The van der Waals surface area contributed by atoms with E-state index in [2.05, 4.69) is 0 Å². The van der Waals surface area contributed by atoms with Gasteiger partial charge in [0, 0.05) is 29.8 Å². The maximum Gasteiger partial charge on any atom is 0.402 e. The molecule has 14 atom stereocenters. The Kier molecular flexibility index (Phi) is 14.4. The van der Waals surface area contributed by atoms with Gasteiger partial charge in [-0.05, 0) is 24.3 Å². The van der Waals surface area contributed by atoms with E-state index in [0.29, 0.717) is 11.3 Å². The molecule has 0 amide bonds. The smallest absolute Gasteiger partial charge is 0.402 e. The molecule has 0 aliphatic carbocycles. The zero-order valence-corrected chi connectivity index (χ0v) is 33.6. The van der Waals surface area contributed by atoms with E-state index in [1.807, 2.05) is 0 Å². The molecule has 0 saturated carbocycles. The maximum absolute atomic E-state index is 12.6. The summed E-state index contributed by atoms with van der Waals surface area (Å²) in [5.41, 5.74) is 0.535. The van der Waals surface area contributed by atoms with Gasteiger partial charge in [0.05, 0.1) is 32.0 Å². The number of hydrogen-bond donors (Lipinski definition) is 12. The third-order valence-electron chi connectivity index (χ3n) is 10.7. The van der Waals surface area contributed by atoms with Gasteiger partial charge >= 0.3 is 17.3 Å². The predicted octanol–water partition coefficient (Wildman–Crippen LogP) is -1.06. The van der Waals surface area contributed by atoms with Crippen molar-refractivity contribution >= 4 is 23.0 Å². The molecule has 0 spiro atoms. The van der Waals surface area contributed by atoms with Gasteiger partial charge in [0.2, 0.25) is 12.0 Å². The number of carbonyl (C=O) groups is 1. The lowest BCUT2D eigenvalue weighted by molar-refractivity contribution is -0.353. The van der Waals surface area contributed by atoms with E-state index in [1.54, 1.807) is 24.3 Å². The zero-order chi connectivity index (χ0) is 46.0. The van der Waals surface area contributed by atoms with Gasteiger partial charge in [-0.1, -0.05) is 18.2 Å². The molecular formula is C42H47O22+. The molecule has 0 unspecified atom stereocenters. The molecule has 22 nitrogen and oxygen atoms in total. The molecule has 346 valence electrons. The number of ether oxygens (including phenoxy) is 8. The van der Waals surface area contributed by atoms with E-state index in [4.69, 9.17) is 42.3 Å². The van der Waals surface area contributed by atoms with Gasteiger partial charge in [-0.3, -0.25) is 0 Å². The van der Waals surface area contributed by atoms with Crippen LogP contribution in [-0.4, -0.2) is 180 Å². The molecule has 3 saturated heterocycles. The molecule has 1 aromatic heterocycles. The van der Waals surface area contributed by atoms with Crippen molar-refractivity contribution in [2.45, 2.75) is 86.0 Å². The van der Waals surface area contributed by atoms with Crippen molar-refractivity contribution < 1.29 is 108 Å². The summed E-state index contributed by atoms with van der Waals surface area (Å²) in [6, 6.07) is 13.7. The Morgan fingerprint density at radius 3 is 2.17 bits per heavy atom. The number of aliphatic hydroxyl groups excluding tert-OH is 8.